The van der Waals surface area contributed by atoms with Crippen LogP contribution in [0.15, 0.2) is 36.5 Å². The van der Waals surface area contributed by atoms with Crippen molar-refractivity contribution in [1.82, 2.24) is 0 Å². The molecular formula is C11H12O3. The van der Waals surface area contributed by atoms with Gasteiger partial charge in [-0.2, -0.15) is 0 Å². The fourth-order valence-electron chi connectivity index (χ4n) is 0.961. The average molecular weight is 192 g/mol. The molecule has 0 unspecified atom stereocenters. The molecule has 0 aromatic carbocycles. The summed E-state index contributed by atoms with van der Waals surface area (Å²) in [5.41, 5.74) is -0.492. The van der Waals surface area contributed by atoms with Crippen molar-refractivity contribution in [3.05, 3.63) is 36.5 Å². The summed E-state index contributed by atoms with van der Waals surface area (Å²) in [7, 11) is 0. The lowest BCUT2D eigenvalue weighted by Gasteiger charge is -2.24. The first-order chi connectivity index (χ1) is 6.43. The van der Waals surface area contributed by atoms with Gasteiger partial charge in [-0.3, -0.25) is 4.79 Å². The Hall–Kier alpha value is -1.64. The Kier molecular flexibility index (Phi) is 2.70. The molecule has 0 atom stereocenters. The first-order valence-corrected chi connectivity index (χ1v) is 4.24. The van der Waals surface area contributed by atoms with Gasteiger partial charge in [0.15, 0.2) is 5.78 Å². The molecule has 0 heterocycles. The fourth-order valence-corrected chi connectivity index (χ4v) is 0.961. The molecular weight excluding hydrogens is 180 g/mol. The van der Waals surface area contributed by atoms with E-state index in [0.29, 0.717) is 5.57 Å². The summed E-state index contributed by atoms with van der Waals surface area (Å²) in [4.78, 5) is 22.1. The van der Waals surface area contributed by atoms with Gasteiger partial charge in [0, 0.05) is 5.57 Å². The smallest absolute Gasteiger partial charge is 0.334 e. The zero-order chi connectivity index (χ0) is 10.8. The highest BCUT2D eigenvalue weighted by atomic mass is 16.6. The molecule has 3 heteroatoms. The molecule has 1 aliphatic rings. The Balaban J connectivity index is 2.74. The normalized spacial score (nSPS) is 18.0. The number of ketones is 1. The summed E-state index contributed by atoms with van der Waals surface area (Å²) in [6, 6.07) is 0. The Morgan fingerprint density at radius 1 is 1.43 bits per heavy atom. The van der Waals surface area contributed by atoms with E-state index in [4.69, 9.17) is 4.74 Å². The van der Waals surface area contributed by atoms with Crippen molar-refractivity contribution in [2.45, 2.75) is 19.4 Å². The molecule has 74 valence electrons. The maximum atomic E-state index is 11.2. The third-order valence-corrected chi connectivity index (χ3v) is 1.82. The van der Waals surface area contributed by atoms with Gasteiger partial charge in [-0.15, -0.1) is 0 Å². The number of rotatable bonds is 2. The lowest BCUT2D eigenvalue weighted by atomic mass is 10.00. The fraction of sp³-hybridized carbons (Fsp3) is 0.273. The zero-order valence-electron chi connectivity index (χ0n) is 8.24. The highest BCUT2D eigenvalue weighted by Crippen LogP contribution is 2.19. The van der Waals surface area contributed by atoms with Gasteiger partial charge in [0.25, 0.3) is 0 Å². The van der Waals surface area contributed by atoms with Gasteiger partial charge < -0.3 is 4.74 Å². The summed E-state index contributed by atoms with van der Waals surface area (Å²) >= 11 is 0. The number of hydrogen-bond donors (Lipinski definition) is 0. The van der Waals surface area contributed by atoms with Crippen LogP contribution in [0.25, 0.3) is 0 Å². The van der Waals surface area contributed by atoms with Crippen molar-refractivity contribution in [2.75, 3.05) is 0 Å². The molecule has 0 spiro atoms. The lowest BCUT2D eigenvalue weighted by molar-refractivity contribution is -0.145. The molecule has 0 radical (unpaired) electrons. The van der Waals surface area contributed by atoms with E-state index in [2.05, 4.69) is 6.58 Å². The molecule has 0 N–H and O–H groups in total. The molecule has 0 saturated heterocycles. The standard InChI is InChI=1S/C11H12O3/c1-8(2)10(13)14-11(3)6-4-9(12)5-7-11/h4-7H,1H2,2-3H3. The van der Waals surface area contributed by atoms with Crippen molar-refractivity contribution in [3.8, 4) is 0 Å². The van der Waals surface area contributed by atoms with E-state index < -0.39 is 11.6 Å². The van der Waals surface area contributed by atoms with Crippen LogP contribution in [0, 0.1) is 0 Å². The number of ether oxygens (including phenoxy) is 1. The van der Waals surface area contributed by atoms with Crippen LogP contribution in [-0.2, 0) is 14.3 Å². The minimum atomic E-state index is -0.829. The molecule has 3 nitrogen and oxygen atoms in total. The van der Waals surface area contributed by atoms with Gasteiger partial charge in [0.1, 0.15) is 5.60 Å². The molecule has 1 aliphatic carbocycles. The van der Waals surface area contributed by atoms with Crippen LogP contribution in [0.2, 0.25) is 0 Å². The number of allylic oxidation sites excluding steroid dienone is 2. The highest BCUT2D eigenvalue weighted by Gasteiger charge is 2.25. The van der Waals surface area contributed by atoms with Crippen molar-refractivity contribution in [3.63, 3.8) is 0 Å². The zero-order valence-corrected chi connectivity index (χ0v) is 8.24. The minimum absolute atomic E-state index is 0.103. The van der Waals surface area contributed by atoms with Crippen molar-refractivity contribution in [2.24, 2.45) is 0 Å². The third-order valence-electron chi connectivity index (χ3n) is 1.82. The van der Waals surface area contributed by atoms with Crippen LogP contribution in [0.4, 0.5) is 0 Å². The van der Waals surface area contributed by atoms with E-state index in [-0.39, 0.29) is 5.78 Å². The van der Waals surface area contributed by atoms with Crippen LogP contribution >= 0.6 is 0 Å². The summed E-state index contributed by atoms with van der Waals surface area (Å²) in [5.74, 6) is -0.565. The largest absolute Gasteiger partial charge is 0.447 e. The first-order valence-electron chi connectivity index (χ1n) is 4.24. The van der Waals surface area contributed by atoms with Gasteiger partial charge in [-0.25, -0.2) is 4.79 Å². The SMILES string of the molecule is C=C(C)C(=O)OC1(C)C=CC(=O)C=C1. The summed E-state index contributed by atoms with van der Waals surface area (Å²) in [6.45, 7) is 6.76. The molecule has 0 fully saturated rings. The van der Waals surface area contributed by atoms with Crippen LogP contribution in [-0.4, -0.2) is 17.4 Å². The second kappa shape index (κ2) is 3.62. The Morgan fingerprint density at radius 3 is 2.36 bits per heavy atom. The molecule has 14 heavy (non-hydrogen) atoms. The molecule has 0 aliphatic heterocycles. The van der Waals surface area contributed by atoms with Crippen LogP contribution in [0.1, 0.15) is 13.8 Å². The van der Waals surface area contributed by atoms with Crippen molar-refractivity contribution < 1.29 is 14.3 Å². The van der Waals surface area contributed by atoms with Crippen LogP contribution in [0.3, 0.4) is 0 Å². The molecule has 0 amide bonds. The van der Waals surface area contributed by atoms with Gasteiger partial charge >= 0.3 is 5.97 Å². The number of esters is 1. The van der Waals surface area contributed by atoms with E-state index in [9.17, 15) is 9.59 Å². The topological polar surface area (TPSA) is 43.4 Å². The van der Waals surface area contributed by atoms with E-state index in [1.807, 2.05) is 0 Å². The van der Waals surface area contributed by atoms with E-state index in [0.717, 1.165) is 0 Å². The van der Waals surface area contributed by atoms with E-state index >= 15 is 0 Å². The maximum absolute atomic E-state index is 11.2. The predicted molar refractivity (Wildman–Crippen MR) is 52.6 cm³/mol. The lowest BCUT2D eigenvalue weighted by Crippen LogP contribution is -2.29. The summed E-state index contributed by atoms with van der Waals surface area (Å²) in [6.07, 6.45) is 5.86. The van der Waals surface area contributed by atoms with Gasteiger partial charge in [0.2, 0.25) is 0 Å². The quantitative estimate of drug-likeness (QED) is 0.492. The Bertz CT molecular complexity index is 332. The molecule has 0 aromatic rings. The summed E-state index contributed by atoms with van der Waals surface area (Å²) in [5, 5.41) is 0. The van der Waals surface area contributed by atoms with Crippen molar-refractivity contribution >= 4 is 11.8 Å². The maximum Gasteiger partial charge on any atom is 0.334 e. The second-order valence-electron chi connectivity index (χ2n) is 3.42. The van der Waals surface area contributed by atoms with Crippen molar-refractivity contribution in [1.29, 1.82) is 0 Å². The van der Waals surface area contributed by atoms with E-state index in [1.165, 1.54) is 12.2 Å². The van der Waals surface area contributed by atoms with Crippen LogP contribution in [0.5, 0.6) is 0 Å². The second-order valence-corrected chi connectivity index (χ2v) is 3.42. The van der Waals surface area contributed by atoms with Crippen LogP contribution < -0.4 is 0 Å². The van der Waals surface area contributed by atoms with Gasteiger partial charge in [0.05, 0.1) is 0 Å². The van der Waals surface area contributed by atoms with Gasteiger partial charge in [-0.1, -0.05) is 6.58 Å². The molecule has 1 rings (SSSR count). The average Bonchev–Trinajstić information content (AvgIpc) is 2.10. The number of carbonyl (C=O) groups is 2. The predicted octanol–water partition coefficient (Wildman–Crippen LogP) is 1.56. The Labute approximate surface area is 82.8 Å². The number of hydrogen-bond acceptors (Lipinski definition) is 3. The molecule has 0 aromatic heterocycles. The molecule has 0 bridgehead atoms. The van der Waals surface area contributed by atoms with Gasteiger partial charge in [-0.05, 0) is 38.2 Å². The highest BCUT2D eigenvalue weighted by molar-refractivity contribution is 6.00. The van der Waals surface area contributed by atoms with E-state index in [1.54, 1.807) is 26.0 Å². The summed E-state index contributed by atoms with van der Waals surface area (Å²) < 4.78 is 5.12. The number of carbonyl (C=O) groups excluding carboxylic acids is 2. The Morgan fingerprint density at radius 2 is 1.93 bits per heavy atom. The minimum Gasteiger partial charge on any atom is -0.447 e. The monoisotopic (exact) mass is 192 g/mol. The molecule has 0 saturated carbocycles. The first kappa shape index (κ1) is 10.4. The third kappa shape index (κ3) is 2.42.